The van der Waals surface area contributed by atoms with E-state index in [9.17, 15) is 18.0 Å². The fourth-order valence-electron chi connectivity index (χ4n) is 2.90. The molecule has 0 spiro atoms. The number of nitrogens with zero attached hydrogens (tertiary/aromatic N) is 2. The van der Waals surface area contributed by atoms with Gasteiger partial charge in [-0.05, 0) is 42.0 Å². The Hall–Kier alpha value is -2.49. The van der Waals surface area contributed by atoms with E-state index in [1.807, 2.05) is 24.3 Å². The third-order valence-corrected chi connectivity index (χ3v) is 4.76. The summed E-state index contributed by atoms with van der Waals surface area (Å²) < 4.78 is 37.7. The monoisotopic (exact) mass is 406 g/mol. The van der Waals surface area contributed by atoms with Gasteiger partial charge in [-0.25, -0.2) is 0 Å². The molecule has 2 aromatic rings. The van der Waals surface area contributed by atoms with Crippen molar-refractivity contribution in [3.8, 4) is 11.8 Å². The van der Waals surface area contributed by atoms with Gasteiger partial charge in [-0.1, -0.05) is 29.7 Å². The van der Waals surface area contributed by atoms with E-state index in [4.69, 9.17) is 11.6 Å². The Morgan fingerprint density at radius 1 is 0.964 bits per heavy atom. The molecule has 0 aromatic heterocycles. The van der Waals surface area contributed by atoms with Crippen LogP contribution in [0.2, 0.25) is 5.02 Å². The molecule has 0 saturated carbocycles. The number of hydrogen-bond donors (Lipinski definition) is 0. The second kappa shape index (κ2) is 8.68. The van der Waals surface area contributed by atoms with Crippen molar-refractivity contribution in [3.05, 3.63) is 70.2 Å². The van der Waals surface area contributed by atoms with Gasteiger partial charge in [0.15, 0.2) is 0 Å². The van der Waals surface area contributed by atoms with Gasteiger partial charge < -0.3 is 4.90 Å². The zero-order valence-electron chi connectivity index (χ0n) is 15.0. The van der Waals surface area contributed by atoms with Gasteiger partial charge in [-0.3, -0.25) is 9.69 Å². The van der Waals surface area contributed by atoms with E-state index in [0.29, 0.717) is 23.7 Å². The minimum absolute atomic E-state index is 0.314. The van der Waals surface area contributed by atoms with Gasteiger partial charge in [0.2, 0.25) is 0 Å². The topological polar surface area (TPSA) is 23.6 Å². The number of amides is 1. The molecule has 3 nitrogen and oxygen atoms in total. The molecule has 0 bridgehead atoms. The first kappa shape index (κ1) is 20.2. The first-order valence-corrected chi connectivity index (χ1v) is 9.14. The van der Waals surface area contributed by atoms with Gasteiger partial charge in [-0.2, -0.15) is 13.2 Å². The molecule has 2 aromatic carbocycles. The Morgan fingerprint density at radius 2 is 1.57 bits per heavy atom. The minimum Gasteiger partial charge on any atom is -0.329 e. The van der Waals surface area contributed by atoms with Gasteiger partial charge in [0, 0.05) is 49.2 Å². The molecule has 146 valence electrons. The molecule has 0 N–H and O–H groups in total. The number of benzene rings is 2. The van der Waals surface area contributed by atoms with Gasteiger partial charge in [-0.15, -0.1) is 0 Å². The fraction of sp³-hybridized carbons (Fsp3) is 0.286. The van der Waals surface area contributed by atoms with Crippen LogP contribution in [0.4, 0.5) is 13.2 Å². The lowest BCUT2D eigenvalue weighted by molar-refractivity contribution is -0.137. The lowest BCUT2D eigenvalue weighted by atomic mass is 10.1. The highest BCUT2D eigenvalue weighted by atomic mass is 35.5. The summed E-state index contributed by atoms with van der Waals surface area (Å²) in [5.41, 5.74) is 0.801. The number of piperazine rings is 1. The third-order valence-electron chi connectivity index (χ3n) is 4.50. The summed E-state index contributed by atoms with van der Waals surface area (Å²) >= 11 is 5.89. The number of hydrogen-bond acceptors (Lipinski definition) is 2. The zero-order valence-corrected chi connectivity index (χ0v) is 15.7. The lowest BCUT2D eigenvalue weighted by Gasteiger charge is -2.33. The van der Waals surface area contributed by atoms with Gasteiger partial charge in [0.25, 0.3) is 5.91 Å². The molecule has 28 heavy (non-hydrogen) atoms. The molecule has 1 amide bonds. The third kappa shape index (κ3) is 5.51. The van der Waals surface area contributed by atoms with E-state index < -0.39 is 11.7 Å². The Bertz CT molecular complexity index is 875. The molecule has 1 aliphatic heterocycles. The number of carbonyl (C=O) groups is 1. The normalized spacial score (nSPS) is 15.1. The average molecular weight is 407 g/mol. The minimum atomic E-state index is -4.38. The van der Waals surface area contributed by atoms with E-state index in [1.54, 1.807) is 4.90 Å². The van der Waals surface area contributed by atoms with E-state index in [2.05, 4.69) is 16.7 Å². The molecule has 0 unspecified atom stereocenters. The molecule has 1 heterocycles. The summed E-state index contributed by atoms with van der Waals surface area (Å²) in [6, 6.07) is 12.1. The number of carbonyl (C=O) groups excluding carboxylic acids is 1. The Morgan fingerprint density at radius 3 is 2.14 bits per heavy atom. The van der Waals surface area contributed by atoms with Crippen molar-refractivity contribution in [2.24, 2.45) is 0 Å². The molecule has 0 radical (unpaired) electrons. The number of rotatable bonds is 2. The molecule has 1 saturated heterocycles. The Labute approximate surface area is 166 Å². The average Bonchev–Trinajstić information content (AvgIpc) is 2.68. The van der Waals surface area contributed by atoms with Crippen LogP contribution in [0.15, 0.2) is 48.5 Å². The summed E-state index contributed by atoms with van der Waals surface area (Å²) in [5.74, 6) is 4.85. The maximum Gasteiger partial charge on any atom is 0.416 e. The summed E-state index contributed by atoms with van der Waals surface area (Å²) in [4.78, 5) is 16.1. The summed E-state index contributed by atoms with van der Waals surface area (Å²) in [6.45, 7) is 3.38. The molecule has 1 aliphatic rings. The Kier molecular flexibility index (Phi) is 6.28. The first-order valence-electron chi connectivity index (χ1n) is 8.76. The molecule has 1 fully saturated rings. The van der Waals surface area contributed by atoms with Crippen LogP contribution in [-0.4, -0.2) is 41.9 Å². The van der Waals surface area contributed by atoms with Gasteiger partial charge in [0.1, 0.15) is 0 Å². The molecular formula is C21H18ClF3N2O. The summed E-state index contributed by atoms with van der Waals surface area (Å²) in [6.07, 6.45) is -4.38. The smallest absolute Gasteiger partial charge is 0.329 e. The van der Waals surface area contributed by atoms with Crippen molar-refractivity contribution in [1.29, 1.82) is 0 Å². The van der Waals surface area contributed by atoms with E-state index >= 15 is 0 Å². The van der Waals surface area contributed by atoms with Crippen molar-refractivity contribution >= 4 is 17.5 Å². The van der Waals surface area contributed by atoms with Crippen LogP contribution in [0, 0.1) is 11.8 Å². The van der Waals surface area contributed by atoms with E-state index in [-0.39, 0.29) is 5.91 Å². The van der Waals surface area contributed by atoms with Crippen LogP contribution in [-0.2, 0) is 17.5 Å². The molecule has 7 heteroatoms. The molecular weight excluding hydrogens is 389 g/mol. The van der Waals surface area contributed by atoms with Gasteiger partial charge in [0.05, 0.1) is 5.56 Å². The highest BCUT2D eigenvalue weighted by Gasteiger charge is 2.29. The highest BCUT2D eigenvalue weighted by molar-refractivity contribution is 6.30. The summed E-state index contributed by atoms with van der Waals surface area (Å²) in [7, 11) is 0. The Balaban J connectivity index is 1.51. The summed E-state index contributed by atoms with van der Waals surface area (Å²) in [5, 5.41) is 0.700. The predicted molar refractivity (Wildman–Crippen MR) is 102 cm³/mol. The van der Waals surface area contributed by atoms with E-state index in [1.165, 1.54) is 12.1 Å². The van der Waals surface area contributed by atoms with Crippen LogP contribution in [0.25, 0.3) is 0 Å². The van der Waals surface area contributed by atoms with Crippen LogP contribution in [0.5, 0.6) is 0 Å². The van der Waals surface area contributed by atoms with Crippen molar-refractivity contribution in [3.63, 3.8) is 0 Å². The number of halogens is 4. The fourth-order valence-corrected chi connectivity index (χ4v) is 3.03. The van der Waals surface area contributed by atoms with Crippen molar-refractivity contribution in [1.82, 2.24) is 9.80 Å². The number of alkyl halides is 3. The second-order valence-electron chi connectivity index (χ2n) is 6.52. The highest BCUT2D eigenvalue weighted by Crippen LogP contribution is 2.28. The molecule has 0 atom stereocenters. The maximum atomic E-state index is 12.6. The largest absolute Gasteiger partial charge is 0.416 e. The van der Waals surface area contributed by atoms with Crippen LogP contribution in [0.1, 0.15) is 16.7 Å². The standard InChI is InChI=1S/C21H18ClF3N2O/c22-19-8-3-17(4-9-19)15-26-11-13-27(14-12-26)20(28)10-5-16-1-6-18(7-2-16)21(23,24)25/h1-4,6-9H,11-15H2. The SMILES string of the molecule is O=C(C#Cc1ccc(C(F)(F)F)cc1)N1CCN(Cc2ccc(Cl)cc2)CC1. The van der Waals surface area contributed by atoms with Crippen molar-refractivity contribution in [2.75, 3.05) is 26.2 Å². The van der Waals surface area contributed by atoms with Crippen molar-refractivity contribution < 1.29 is 18.0 Å². The zero-order chi connectivity index (χ0) is 20.1. The molecule has 0 aliphatic carbocycles. The lowest BCUT2D eigenvalue weighted by Crippen LogP contribution is -2.47. The predicted octanol–water partition coefficient (Wildman–Crippen LogP) is 4.05. The van der Waals surface area contributed by atoms with Gasteiger partial charge >= 0.3 is 6.18 Å². The van der Waals surface area contributed by atoms with Crippen LogP contribution in [0.3, 0.4) is 0 Å². The van der Waals surface area contributed by atoms with E-state index in [0.717, 1.165) is 37.3 Å². The first-order chi connectivity index (χ1) is 13.3. The maximum absolute atomic E-state index is 12.6. The second-order valence-corrected chi connectivity index (χ2v) is 6.96. The molecule has 3 rings (SSSR count). The quantitative estimate of drug-likeness (QED) is 0.702. The van der Waals surface area contributed by atoms with Crippen molar-refractivity contribution in [2.45, 2.75) is 12.7 Å². The van der Waals surface area contributed by atoms with Crippen LogP contribution < -0.4 is 0 Å². The van der Waals surface area contributed by atoms with Crippen LogP contribution >= 0.6 is 11.6 Å².